The second-order valence-electron chi connectivity index (χ2n) is 5.15. The van der Waals surface area contributed by atoms with E-state index in [1.54, 1.807) is 12.4 Å². The summed E-state index contributed by atoms with van der Waals surface area (Å²) in [6.07, 6.45) is 4.44. The van der Waals surface area contributed by atoms with Crippen molar-refractivity contribution in [3.63, 3.8) is 0 Å². The molecule has 1 heterocycles. The van der Waals surface area contributed by atoms with Crippen molar-refractivity contribution in [1.29, 1.82) is 0 Å². The molecule has 4 nitrogen and oxygen atoms in total. The van der Waals surface area contributed by atoms with Gasteiger partial charge in [-0.25, -0.2) is 4.98 Å². The molecule has 2 aromatic rings. The highest BCUT2D eigenvalue weighted by atomic mass is 32.2. The van der Waals surface area contributed by atoms with Crippen LogP contribution in [0.2, 0.25) is 0 Å². The number of aromatic nitrogens is 2. The highest BCUT2D eigenvalue weighted by Crippen LogP contribution is 2.19. The van der Waals surface area contributed by atoms with Gasteiger partial charge in [-0.15, -0.1) is 0 Å². The minimum Gasteiger partial charge on any atom is -0.385 e. The highest BCUT2D eigenvalue weighted by Gasteiger charge is 2.10. The number of benzene rings is 1. The summed E-state index contributed by atoms with van der Waals surface area (Å²) < 4.78 is 12.2. The predicted molar refractivity (Wildman–Crippen MR) is 83.1 cm³/mol. The molecule has 0 aliphatic heterocycles. The second-order valence-corrected chi connectivity index (χ2v) is 6.52. The molecule has 1 aromatic carbocycles. The molecule has 5 heteroatoms. The van der Waals surface area contributed by atoms with Crippen molar-refractivity contribution in [2.75, 3.05) is 11.9 Å². The summed E-state index contributed by atoms with van der Waals surface area (Å²) in [5, 5.41) is 3.96. The van der Waals surface area contributed by atoms with Crippen molar-refractivity contribution in [3.8, 4) is 0 Å². The molecule has 1 atom stereocenters. The number of imidazole rings is 1. The summed E-state index contributed by atoms with van der Waals surface area (Å²) >= 11 is 0. The maximum atomic E-state index is 12.2. The van der Waals surface area contributed by atoms with Crippen LogP contribution in [-0.4, -0.2) is 20.7 Å². The Morgan fingerprint density at radius 3 is 2.85 bits per heavy atom. The first-order chi connectivity index (χ1) is 9.66. The molecule has 0 amide bonds. The van der Waals surface area contributed by atoms with E-state index in [0.717, 1.165) is 24.2 Å². The van der Waals surface area contributed by atoms with Gasteiger partial charge in [-0.05, 0) is 24.0 Å². The van der Waals surface area contributed by atoms with Crippen LogP contribution in [0.5, 0.6) is 0 Å². The van der Waals surface area contributed by atoms with Crippen molar-refractivity contribution in [2.24, 2.45) is 5.92 Å². The molecule has 0 radical (unpaired) electrons. The van der Waals surface area contributed by atoms with Gasteiger partial charge in [0.15, 0.2) is 5.16 Å². The molecule has 0 aliphatic carbocycles. The number of anilines is 1. The van der Waals surface area contributed by atoms with E-state index < -0.39 is 10.8 Å². The third kappa shape index (κ3) is 4.20. The molecule has 20 heavy (non-hydrogen) atoms. The summed E-state index contributed by atoms with van der Waals surface area (Å²) in [5.74, 6) is 1.14. The molecule has 0 saturated heterocycles. The van der Waals surface area contributed by atoms with Crippen LogP contribution in [0.4, 0.5) is 5.69 Å². The third-order valence-corrected chi connectivity index (χ3v) is 4.26. The van der Waals surface area contributed by atoms with Crippen LogP contribution in [0.1, 0.15) is 25.8 Å². The number of aromatic amines is 1. The normalized spacial score (nSPS) is 12.6. The molecule has 0 bridgehead atoms. The third-order valence-electron chi connectivity index (χ3n) is 3.03. The SMILES string of the molecule is CC(C)CCNc1ccccc1CS(=O)c1ncc[nH]1. The zero-order chi connectivity index (χ0) is 14.4. The van der Waals surface area contributed by atoms with E-state index in [1.165, 1.54) is 0 Å². The largest absolute Gasteiger partial charge is 0.385 e. The summed E-state index contributed by atoms with van der Waals surface area (Å²) in [6, 6.07) is 8.02. The lowest BCUT2D eigenvalue weighted by Crippen LogP contribution is -2.08. The molecule has 0 saturated carbocycles. The number of para-hydroxylation sites is 1. The smallest absolute Gasteiger partial charge is 0.196 e. The Bertz CT molecular complexity index is 552. The number of hydrogen-bond acceptors (Lipinski definition) is 3. The van der Waals surface area contributed by atoms with E-state index in [2.05, 4.69) is 29.1 Å². The van der Waals surface area contributed by atoms with Gasteiger partial charge in [-0.3, -0.25) is 4.21 Å². The summed E-state index contributed by atoms with van der Waals surface area (Å²) in [6.45, 7) is 5.35. The Morgan fingerprint density at radius 1 is 1.35 bits per heavy atom. The van der Waals surface area contributed by atoms with Crippen LogP contribution in [0.15, 0.2) is 41.8 Å². The van der Waals surface area contributed by atoms with E-state index in [0.29, 0.717) is 16.8 Å². The molecular formula is C15H21N3OS. The van der Waals surface area contributed by atoms with Gasteiger partial charge in [0.25, 0.3) is 0 Å². The number of nitrogens with one attached hydrogen (secondary N) is 2. The topological polar surface area (TPSA) is 57.8 Å². The Balaban J connectivity index is 2.02. The Labute approximate surface area is 122 Å². The average molecular weight is 291 g/mol. The Kier molecular flexibility index (Phi) is 5.35. The zero-order valence-electron chi connectivity index (χ0n) is 11.9. The lowest BCUT2D eigenvalue weighted by Gasteiger charge is -2.12. The fourth-order valence-corrected chi connectivity index (χ4v) is 2.95. The van der Waals surface area contributed by atoms with Gasteiger partial charge in [-0.1, -0.05) is 32.0 Å². The van der Waals surface area contributed by atoms with Gasteiger partial charge in [0, 0.05) is 24.6 Å². The summed E-state index contributed by atoms with van der Waals surface area (Å²) in [5.41, 5.74) is 2.12. The molecule has 0 fully saturated rings. The molecule has 1 unspecified atom stereocenters. The first-order valence-electron chi connectivity index (χ1n) is 6.86. The van der Waals surface area contributed by atoms with Crippen LogP contribution in [0.3, 0.4) is 0 Å². The van der Waals surface area contributed by atoms with Gasteiger partial charge in [-0.2, -0.15) is 0 Å². The van der Waals surface area contributed by atoms with Gasteiger partial charge in [0.2, 0.25) is 0 Å². The quantitative estimate of drug-likeness (QED) is 0.823. The number of H-pyrrole nitrogens is 1. The highest BCUT2D eigenvalue weighted by molar-refractivity contribution is 7.84. The van der Waals surface area contributed by atoms with Crippen LogP contribution in [0.25, 0.3) is 0 Å². The van der Waals surface area contributed by atoms with Gasteiger partial charge in [0.1, 0.15) is 0 Å². The van der Waals surface area contributed by atoms with Crippen molar-refractivity contribution in [2.45, 2.75) is 31.2 Å². The van der Waals surface area contributed by atoms with Crippen molar-refractivity contribution in [3.05, 3.63) is 42.2 Å². The number of hydrogen-bond donors (Lipinski definition) is 2. The van der Waals surface area contributed by atoms with E-state index in [4.69, 9.17) is 0 Å². The monoisotopic (exact) mass is 291 g/mol. The van der Waals surface area contributed by atoms with Gasteiger partial charge >= 0.3 is 0 Å². The molecule has 0 aliphatic rings. The van der Waals surface area contributed by atoms with E-state index >= 15 is 0 Å². The van der Waals surface area contributed by atoms with Crippen LogP contribution < -0.4 is 5.32 Å². The number of nitrogens with zero attached hydrogens (tertiary/aromatic N) is 1. The maximum absolute atomic E-state index is 12.2. The summed E-state index contributed by atoms with van der Waals surface area (Å²) in [4.78, 5) is 6.95. The van der Waals surface area contributed by atoms with Crippen LogP contribution >= 0.6 is 0 Å². The molecule has 2 rings (SSSR count). The Hall–Kier alpha value is -1.62. The summed E-state index contributed by atoms with van der Waals surface area (Å²) in [7, 11) is -1.13. The lowest BCUT2D eigenvalue weighted by atomic mass is 10.1. The van der Waals surface area contributed by atoms with Gasteiger partial charge < -0.3 is 10.3 Å². The van der Waals surface area contributed by atoms with E-state index in [-0.39, 0.29) is 0 Å². The van der Waals surface area contributed by atoms with E-state index in [9.17, 15) is 4.21 Å². The fourth-order valence-electron chi connectivity index (χ4n) is 1.90. The average Bonchev–Trinajstić information content (AvgIpc) is 2.94. The van der Waals surface area contributed by atoms with Crippen LogP contribution in [0, 0.1) is 5.92 Å². The minimum atomic E-state index is -1.13. The molecular weight excluding hydrogens is 270 g/mol. The minimum absolute atomic E-state index is 0.471. The van der Waals surface area contributed by atoms with E-state index in [1.807, 2.05) is 24.3 Å². The molecule has 1 aromatic heterocycles. The first kappa shape index (κ1) is 14.8. The predicted octanol–water partition coefficient (Wildman–Crippen LogP) is 3.18. The second kappa shape index (κ2) is 7.24. The van der Waals surface area contributed by atoms with Crippen molar-refractivity contribution < 1.29 is 4.21 Å². The fraction of sp³-hybridized carbons (Fsp3) is 0.400. The number of rotatable bonds is 7. The van der Waals surface area contributed by atoms with Gasteiger partial charge in [0.05, 0.1) is 16.6 Å². The standard InChI is InChI=1S/C15H21N3OS/c1-12(2)7-8-16-14-6-4-3-5-13(14)11-20(19)15-17-9-10-18-15/h3-6,9-10,12,16H,7-8,11H2,1-2H3,(H,17,18). The van der Waals surface area contributed by atoms with Crippen molar-refractivity contribution >= 4 is 16.5 Å². The molecule has 2 N–H and O–H groups in total. The lowest BCUT2D eigenvalue weighted by molar-refractivity contribution is 0.607. The van der Waals surface area contributed by atoms with Crippen molar-refractivity contribution in [1.82, 2.24) is 9.97 Å². The molecule has 0 spiro atoms. The maximum Gasteiger partial charge on any atom is 0.196 e. The first-order valence-corrected chi connectivity index (χ1v) is 8.18. The van der Waals surface area contributed by atoms with Crippen LogP contribution in [-0.2, 0) is 16.6 Å². The zero-order valence-corrected chi connectivity index (χ0v) is 12.7. The molecule has 108 valence electrons. The Morgan fingerprint density at radius 2 is 2.15 bits per heavy atom.